The minimum absolute atomic E-state index is 0.127. The van der Waals surface area contributed by atoms with Crippen LogP contribution in [0.1, 0.15) is 44.1 Å². The second kappa shape index (κ2) is 9.43. The van der Waals surface area contributed by atoms with E-state index in [1.54, 1.807) is 6.07 Å². The maximum absolute atomic E-state index is 12.4. The Hall–Kier alpha value is -2.28. The molecule has 144 valence electrons. The van der Waals surface area contributed by atoms with Crippen molar-refractivity contribution < 1.29 is 24.5 Å². The van der Waals surface area contributed by atoms with Crippen LogP contribution >= 0.6 is 0 Å². The largest absolute Gasteiger partial charge is 0.504 e. The highest BCUT2D eigenvalue weighted by Crippen LogP contribution is 2.27. The van der Waals surface area contributed by atoms with Crippen molar-refractivity contribution in [3.05, 3.63) is 23.8 Å². The first-order valence-corrected chi connectivity index (χ1v) is 9.05. The van der Waals surface area contributed by atoms with E-state index in [1.165, 1.54) is 38.5 Å². The summed E-state index contributed by atoms with van der Waals surface area (Å²) in [6.45, 7) is 0. The standard InChI is InChI=1S/C19H28N2O5/c1-26-19(25)15(10-13-7-8-16(22)17(23)11-13)21-18(24)14(20)9-12-5-3-2-4-6-12/h7-8,11-12,14-15,22-23H,2-6,9-10,20H2,1H3,(H,21,24)/t14-,15?/m0/s1. The molecule has 1 aliphatic rings. The normalized spacial score (nSPS) is 17.3. The van der Waals surface area contributed by atoms with Crippen molar-refractivity contribution in [1.29, 1.82) is 0 Å². The van der Waals surface area contributed by atoms with Gasteiger partial charge in [0.2, 0.25) is 5.91 Å². The van der Waals surface area contributed by atoms with Crippen LogP contribution in [0.3, 0.4) is 0 Å². The van der Waals surface area contributed by atoms with E-state index in [0.717, 1.165) is 12.8 Å². The lowest BCUT2D eigenvalue weighted by Gasteiger charge is -2.25. The van der Waals surface area contributed by atoms with Gasteiger partial charge in [0.25, 0.3) is 0 Å². The van der Waals surface area contributed by atoms with Crippen LogP contribution in [0.15, 0.2) is 18.2 Å². The van der Waals surface area contributed by atoms with E-state index < -0.39 is 18.1 Å². The predicted molar refractivity (Wildman–Crippen MR) is 96.6 cm³/mol. The Balaban J connectivity index is 1.98. The molecule has 1 aromatic rings. The number of amides is 1. The quantitative estimate of drug-likeness (QED) is 0.431. The van der Waals surface area contributed by atoms with Crippen LogP contribution in [0.25, 0.3) is 0 Å². The van der Waals surface area contributed by atoms with E-state index in [4.69, 9.17) is 10.5 Å². The van der Waals surface area contributed by atoms with Crippen LogP contribution in [-0.2, 0) is 20.7 Å². The predicted octanol–water partition coefficient (Wildman–Crippen LogP) is 1.60. The topological polar surface area (TPSA) is 122 Å². The number of phenolic OH excluding ortho intramolecular Hbond substituents is 2. The molecule has 7 nitrogen and oxygen atoms in total. The van der Waals surface area contributed by atoms with Crippen molar-refractivity contribution in [2.45, 2.75) is 57.0 Å². The fourth-order valence-corrected chi connectivity index (χ4v) is 3.43. The van der Waals surface area contributed by atoms with Crippen LogP contribution in [0.5, 0.6) is 11.5 Å². The molecule has 1 saturated carbocycles. The number of nitrogens with two attached hydrogens (primary N) is 1. The van der Waals surface area contributed by atoms with E-state index in [-0.39, 0.29) is 23.8 Å². The molecule has 1 fully saturated rings. The summed E-state index contributed by atoms with van der Waals surface area (Å²) in [6, 6.07) is 2.67. The van der Waals surface area contributed by atoms with Crippen LogP contribution in [0.4, 0.5) is 0 Å². The van der Waals surface area contributed by atoms with Crippen molar-refractivity contribution in [3.63, 3.8) is 0 Å². The fraction of sp³-hybridized carbons (Fsp3) is 0.579. The summed E-state index contributed by atoms with van der Waals surface area (Å²) in [5.74, 6) is -1.05. The van der Waals surface area contributed by atoms with Crippen molar-refractivity contribution in [2.24, 2.45) is 11.7 Å². The molecule has 0 aromatic heterocycles. The van der Waals surface area contributed by atoms with Gasteiger partial charge >= 0.3 is 5.97 Å². The van der Waals surface area contributed by atoms with Gasteiger partial charge < -0.3 is 26.0 Å². The summed E-state index contributed by atoms with van der Waals surface area (Å²) in [6.07, 6.45) is 6.51. The number of aromatic hydroxyl groups is 2. The SMILES string of the molecule is COC(=O)C(Cc1ccc(O)c(O)c1)NC(=O)[C@@H](N)CC1CCCCC1. The number of hydrogen-bond donors (Lipinski definition) is 4. The van der Waals surface area contributed by atoms with Gasteiger partial charge in [-0.15, -0.1) is 0 Å². The number of ether oxygens (including phenoxy) is 1. The van der Waals surface area contributed by atoms with Crippen LogP contribution < -0.4 is 11.1 Å². The molecule has 5 N–H and O–H groups in total. The van der Waals surface area contributed by atoms with Gasteiger partial charge in [0.1, 0.15) is 6.04 Å². The number of benzene rings is 1. The molecule has 0 saturated heterocycles. The molecule has 1 aliphatic carbocycles. The molecule has 2 rings (SSSR count). The zero-order valence-corrected chi connectivity index (χ0v) is 15.1. The highest BCUT2D eigenvalue weighted by Gasteiger charge is 2.27. The van der Waals surface area contributed by atoms with Gasteiger partial charge in [-0.05, 0) is 30.0 Å². The monoisotopic (exact) mass is 364 g/mol. The molecule has 0 heterocycles. The lowest BCUT2D eigenvalue weighted by atomic mass is 9.85. The molecule has 0 radical (unpaired) electrons. The molecule has 7 heteroatoms. The number of carbonyl (C=O) groups excluding carboxylic acids is 2. The summed E-state index contributed by atoms with van der Waals surface area (Å²) < 4.78 is 4.76. The Kier molecular flexibility index (Phi) is 7.26. The summed E-state index contributed by atoms with van der Waals surface area (Å²) in [5, 5.41) is 21.6. The number of hydrogen-bond acceptors (Lipinski definition) is 6. The number of rotatable bonds is 7. The van der Waals surface area contributed by atoms with Gasteiger partial charge in [0.15, 0.2) is 11.5 Å². The maximum Gasteiger partial charge on any atom is 0.328 e. The highest BCUT2D eigenvalue weighted by atomic mass is 16.5. The van der Waals surface area contributed by atoms with Crippen LogP contribution in [0, 0.1) is 5.92 Å². The van der Waals surface area contributed by atoms with Gasteiger partial charge in [-0.3, -0.25) is 4.79 Å². The fourth-order valence-electron chi connectivity index (χ4n) is 3.43. The number of esters is 1. The van der Waals surface area contributed by atoms with E-state index >= 15 is 0 Å². The van der Waals surface area contributed by atoms with Crippen LogP contribution in [0.2, 0.25) is 0 Å². The molecule has 0 aliphatic heterocycles. The minimum Gasteiger partial charge on any atom is -0.504 e. The van der Waals surface area contributed by atoms with Crippen molar-refractivity contribution in [3.8, 4) is 11.5 Å². The molecular formula is C19H28N2O5. The van der Waals surface area contributed by atoms with Gasteiger partial charge in [-0.25, -0.2) is 4.79 Å². The average Bonchev–Trinajstić information content (AvgIpc) is 2.64. The molecule has 0 bridgehead atoms. The Bertz CT molecular complexity index is 628. The first-order chi connectivity index (χ1) is 12.4. The van der Waals surface area contributed by atoms with Gasteiger partial charge in [-0.1, -0.05) is 38.2 Å². The molecule has 1 aromatic carbocycles. The summed E-state index contributed by atoms with van der Waals surface area (Å²) in [5.41, 5.74) is 6.62. The molecule has 0 spiro atoms. The third-order valence-electron chi connectivity index (χ3n) is 4.93. The molecule has 2 atom stereocenters. The summed E-state index contributed by atoms with van der Waals surface area (Å²) in [4.78, 5) is 24.5. The zero-order chi connectivity index (χ0) is 19.1. The van der Waals surface area contributed by atoms with Gasteiger partial charge in [0, 0.05) is 6.42 Å². The molecule has 26 heavy (non-hydrogen) atoms. The van der Waals surface area contributed by atoms with E-state index in [0.29, 0.717) is 17.9 Å². The molecular weight excluding hydrogens is 336 g/mol. The van der Waals surface area contributed by atoms with E-state index in [2.05, 4.69) is 5.32 Å². The Labute approximate surface area is 153 Å². The van der Waals surface area contributed by atoms with Gasteiger partial charge in [-0.2, -0.15) is 0 Å². The maximum atomic E-state index is 12.4. The number of phenols is 2. The second-order valence-electron chi connectivity index (χ2n) is 6.96. The number of methoxy groups -OCH3 is 1. The van der Waals surface area contributed by atoms with Gasteiger partial charge in [0.05, 0.1) is 13.2 Å². The smallest absolute Gasteiger partial charge is 0.328 e. The molecule has 1 unspecified atom stereocenters. The minimum atomic E-state index is -0.908. The Morgan fingerprint density at radius 2 is 1.92 bits per heavy atom. The number of carbonyl (C=O) groups is 2. The average molecular weight is 364 g/mol. The zero-order valence-electron chi connectivity index (χ0n) is 15.1. The lowest BCUT2D eigenvalue weighted by molar-refractivity contribution is -0.145. The van der Waals surface area contributed by atoms with Crippen LogP contribution in [-0.4, -0.2) is 41.3 Å². The Morgan fingerprint density at radius 3 is 2.54 bits per heavy atom. The van der Waals surface area contributed by atoms with Crippen molar-refractivity contribution >= 4 is 11.9 Å². The summed E-state index contributed by atoms with van der Waals surface area (Å²) in [7, 11) is 1.25. The first kappa shape index (κ1) is 20.0. The third kappa shape index (κ3) is 5.62. The van der Waals surface area contributed by atoms with E-state index in [1.807, 2.05) is 0 Å². The Morgan fingerprint density at radius 1 is 1.23 bits per heavy atom. The third-order valence-corrected chi connectivity index (χ3v) is 4.93. The van der Waals surface area contributed by atoms with E-state index in [9.17, 15) is 19.8 Å². The second-order valence-corrected chi connectivity index (χ2v) is 6.96. The highest BCUT2D eigenvalue weighted by molar-refractivity contribution is 5.87. The number of nitrogens with one attached hydrogen (secondary N) is 1. The van der Waals surface area contributed by atoms with Crippen molar-refractivity contribution in [1.82, 2.24) is 5.32 Å². The summed E-state index contributed by atoms with van der Waals surface area (Å²) >= 11 is 0. The first-order valence-electron chi connectivity index (χ1n) is 9.05. The van der Waals surface area contributed by atoms with Crippen molar-refractivity contribution in [2.75, 3.05) is 7.11 Å². The molecule has 1 amide bonds. The lowest BCUT2D eigenvalue weighted by Crippen LogP contribution is -2.50.